The number of rotatable bonds is 5. The van der Waals surface area contributed by atoms with Gasteiger partial charge in [0, 0.05) is 18.1 Å². The summed E-state index contributed by atoms with van der Waals surface area (Å²) in [5.41, 5.74) is 0.655. The molecule has 1 aromatic heterocycles. The van der Waals surface area contributed by atoms with Gasteiger partial charge < -0.3 is 9.64 Å². The third-order valence-electron chi connectivity index (χ3n) is 5.99. The molecule has 1 fully saturated rings. The van der Waals surface area contributed by atoms with Crippen LogP contribution in [0.1, 0.15) is 46.9 Å². The number of nitriles is 1. The van der Waals surface area contributed by atoms with Crippen LogP contribution in [0.15, 0.2) is 30.3 Å². The van der Waals surface area contributed by atoms with Crippen molar-refractivity contribution in [1.82, 2.24) is 9.71 Å². The normalized spacial score (nSPS) is 17.1. The molecule has 0 aliphatic carbocycles. The molecule has 33 heavy (non-hydrogen) atoms. The molecule has 2 aromatic rings. The van der Waals surface area contributed by atoms with Gasteiger partial charge in [-0.15, -0.1) is 0 Å². The fourth-order valence-corrected chi connectivity index (χ4v) is 5.26. The zero-order chi connectivity index (χ0) is 23.8. The number of nitrogens with zero attached hydrogens (tertiary/aromatic N) is 3. The van der Waals surface area contributed by atoms with Gasteiger partial charge in [-0.25, -0.2) is 18.2 Å². The maximum absolute atomic E-state index is 12.9. The molecular weight excluding hydrogens is 468 g/mol. The van der Waals surface area contributed by atoms with Crippen molar-refractivity contribution in [2.75, 3.05) is 18.0 Å². The molecule has 0 saturated carbocycles. The number of nitrogens with one attached hydrogen (secondary N) is 1. The highest BCUT2D eigenvalue weighted by Gasteiger charge is 2.39. The highest BCUT2D eigenvalue weighted by molar-refractivity contribution is 7.89. The topological polar surface area (TPSA) is 129 Å². The number of piperidine rings is 1. The summed E-state index contributed by atoms with van der Waals surface area (Å²) in [5, 5.41) is 10.0. The minimum atomic E-state index is -3.88. The van der Waals surface area contributed by atoms with Gasteiger partial charge >= 0.3 is 5.97 Å². The Balaban J connectivity index is 1.43. The van der Waals surface area contributed by atoms with E-state index in [0.29, 0.717) is 53.6 Å². The van der Waals surface area contributed by atoms with E-state index >= 15 is 0 Å². The Morgan fingerprint density at radius 3 is 2.61 bits per heavy atom. The number of fused-ring (bicyclic) bond motifs is 1. The maximum Gasteiger partial charge on any atom is 0.340 e. The number of benzene rings is 1. The van der Waals surface area contributed by atoms with Gasteiger partial charge in [0.2, 0.25) is 15.9 Å². The zero-order valence-corrected chi connectivity index (χ0v) is 19.4. The number of carbonyl (C=O) groups excluding carboxylic acids is 2. The number of carbonyl (C=O) groups is 2. The van der Waals surface area contributed by atoms with E-state index in [9.17, 15) is 23.3 Å². The molecule has 0 unspecified atom stereocenters. The van der Waals surface area contributed by atoms with Gasteiger partial charge in [0.25, 0.3) is 0 Å². The van der Waals surface area contributed by atoms with Crippen molar-refractivity contribution in [3.63, 3.8) is 0 Å². The van der Waals surface area contributed by atoms with Crippen LogP contribution in [-0.2, 0) is 31.9 Å². The summed E-state index contributed by atoms with van der Waals surface area (Å²) in [6, 6.07) is 9.93. The lowest BCUT2D eigenvalue weighted by atomic mass is 9.79. The van der Waals surface area contributed by atoms with E-state index < -0.39 is 27.3 Å². The average molecular weight is 489 g/mol. The van der Waals surface area contributed by atoms with Gasteiger partial charge in [-0.1, -0.05) is 30.7 Å². The molecule has 0 radical (unpaired) electrons. The van der Waals surface area contributed by atoms with Crippen LogP contribution in [-0.4, -0.2) is 38.4 Å². The van der Waals surface area contributed by atoms with Gasteiger partial charge in [0.1, 0.15) is 18.5 Å². The lowest BCUT2D eigenvalue weighted by Crippen LogP contribution is -2.49. The Kier molecular flexibility index (Phi) is 6.03. The number of hydrogen-bond donors (Lipinski definition) is 1. The second-order valence-electron chi connectivity index (χ2n) is 8.41. The molecule has 0 spiro atoms. The molecule has 172 valence electrons. The molecule has 2 aliphatic rings. The highest BCUT2D eigenvalue weighted by atomic mass is 35.5. The van der Waals surface area contributed by atoms with Crippen molar-refractivity contribution in [1.29, 1.82) is 5.26 Å². The molecule has 0 atom stereocenters. The third-order valence-corrected chi connectivity index (χ3v) is 7.46. The predicted molar refractivity (Wildman–Crippen MR) is 120 cm³/mol. The van der Waals surface area contributed by atoms with E-state index in [-0.39, 0.29) is 17.9 Å². The number of pyridine rings is 1. The zero-order valence-electron chi connectivity index (χ0n) is 17.8. The van der Waals surface area contributed by atoms with Crippen LogP contribution < -0.4 is 9.62 Å². The molecule has 1 saturated heterocycles. The van der Waals surface area contributed by atoms with E-state index in [4.69, 9.17) is 16.3 Å². The maximum atomic E-state index is 12.9. The van der Waals surface area contributed by atoms with Crippen molar-refractivity contribution < 1.29 is 22.7 Å². The number of sulfonamides is 1. The van der Waals surface area contributed by atoms with E-state index in [0.717, 1.165) is 0 Å². The van der Waals surface area contributed by atoms with Crippen LogP contribution in [0.25, 0.3) is 0 Å². The van der Waals surface area contributed by atoms with Crippen molar-refractivity contribution >= 4 is 39.3 Å². The second kappa shape index (κ2) is 8.65. The molecule has 4 rings (SSSR count). The number of cyclic esters (lactones) is 1. The quantitative estimate of drug-likeness (QED) is 0.635. The average Bonchev–Trinajstić information content (AvgIpc) is 3.14. The number of aromatic nitrogens is 1. The Labute approximate surface area is 196 Å². The monoisotopic (exact) mass is 488 g/mol. The van der Waals surface area contributed by atoms with Crippen molar-refractivity contribution in [3.05, 3.63) is 57.7 Å². The Morgan fingerprint density at radius 2 is 1.97 bits per heavy atom. The largest absolute Gasteiger partial charge is 0.455 e. The minimum Gasteiger partial charge on any atom is -0.455 e. The first-order chi connectivity index (χ1) is 15.6. The second-order valence-corrected chi connectivity index (χ2v) is 10.6. The van der Waals surface area contributed by atoms with E-state index in [2.05, 4.69) is 15.8 Å². The first-order valence-corrected chi connectivity index (χ1v) is 12.3. The van der Waals surface area contributed by atoms with E-state index in [1.165, 1.54) is 6.07 Å². The molecule has 9 nitrogen and oxygen atoms in total. The van der Waals surface area contributed by atoms with Crippen LogP contribution in [0.4, 0.5) is 5.82 Å². The summed E-state index contributed by atoms with van der Waals surface area (Å²) in [6.07, 6.45) is 0.739. The first kappa shape index (κ1) is 23.0. The fourth-order valence-electron chi connectivity index (χ4n) is 3.90. The SMILES string of the molecule is CC1(C(=O)NS(=O)(=O)Cc2ccc(Cl)cc2)CCN(c2nc3c(cc2C#N)C(=O)OC3)CC1. The molecule has 0 bridgehead atoms. The molecule has 1 aromatic carbocycles. The highest BCUT2D eigenvalue weighted by Crippen LogP contribution is 2.35. The number of anilines is 1. The Morgan fingerprint density at radius 1 is 1.30 bits per heavy atom. The summed E-state index contributed by atoms with van der Waals surface area (Å²) in [7, 11) is -3.88. The number of hydrogen-bond acceptors (Lipinski definition) is 8. The van der Waals surface area contributed by atoms with Crippen LogP contribution in [0.3, 0.4) is 0 Å². The smallest absolute Gasteiger partial charge is 0.340 e. The predicted octanol–water partition coefficient (Wildman–Crippen LogP) is 2.53. The van der Waals surface area contributed by atoms with Gasteiger partial charge in [-0.3, -0.25) is 9.52 Å². The Bertz CT molecular complexity index is 1260. The standard InChI is InChI=1S/C22H21ClN4O5S/c1-22(21(29)26-33(30,31)13-14-2-4-16(23)5-3-14)6-8-27(9-7-22)19-15(11-24)10-17-18(25-19)12-32-20(17)28/h2-5,10H,6-9,12-13H2,1H3,(H,26,29). The van der Waals surface area contributed by atoms with Crippen molar-refractivity contribution in [2.24, 2.45) is 5.41 Å². The van der Waals surface area contributed by atoms with Gasteiger partial charge in [0.05, 0.1) is 28.0 Å². The lowest BCUT2D eigenvalue weighted by Gasteiger charge is -2.38. The summed E-state index contributed by atoms with van der Waals surface area (Å²) in [5.74, 6) is -0.947. The summed E-state index contributed by atoms with van der Waals surface area (Å²) < 4.78 is 32.2. The Hall–Kier alpha value is -3.16. The van der Waals surface area contributed by atoms with Gasteiger partial charge in [-0.2, -0.15) is 5.26 Å². The third kappa shape index (κ3) is 4.79. The lowest BCUT2D eigenvalue weighted by molar-refractivity contribution is -0.129. The van der Waals surface area contributed by atoms with Gasteiger partial charge in [-0.05, 0) is 36.6 Å². The molecule has 1 N–H and O–H groups in total. The van der Waals surface area contributed by atoms with Crippen LogP contribution in [0, 0.1) is 16.7 Å². The molecule has 3 heterocycles. The fraction of sp³-hybridized carbons (Fsp3) is 0.364. The summed E-state index contributed by atoms with van der Waals surface area (Å²) in [4.78, 5) is 31.0. The number of esters is 1. The van der Waals surface area contributed by atoms with E-state index in [1.807, 2.05) is 4.90 Å². The molecule has 11 heteroatoms. The minimum absolute atomic E-state index is 0.0618. The van der Waals surface area contributed by atoms with Crippen molar-refractivity contribution in [3.8, 4) is 6.07 Å². The van der Waals surface area contributed by atoms with E-state index in [1.54, 1.807) is 31.2 Å². The number of halogens is 1. The molecule has 2 aliphatic heterocycles. The molecular formula is C22H21ClN4O5S. The van der Waals surface area contributed by atoms with Crippen LogP contribution in [0.5, 0.6) is 0 Å². The van der Waals surface area contributed by atoms with Gasteiger partial charge in [0.15, 0.2) is 0 Å². The van der Waals surface area contributed by atoms with Crippen LogP contribution >= 0.6 is 11.6 Å². The first-order valence-electron chi connectivity index (χ1n) is 10.3. The van der Waals surface area contributed by atoms with Crippen LogP contribution in [0.2, 0.25) is 5.02 Å². The number of ether oxygens (including phenoxy) is 1. The summed E-state index contributed by atoms with van der Waals surface area (Å²) >= 11 is 5.83. The number of amides is 1. The summed E-state index contributed by atoms with van der Waals surface area (Å²) in [6.45, 7) is 2.59. The molecule has 1 amide bonds. The van der Waals surface area contributed by atoms with Crippen molar-refractivity contribution in [2.45, 2.75) is 32.1 Å².